The van der Waals surface area contributed by atoms with Crippen LogP contribution in [0, 0.1) is 0 Å². The number of ether oxygens (including phenoxy) is 2. The van der Waals surface area contributed by atoms with Gasteiger partial charge in [-0.2, -0.15) is 0 Å². The number of aliphatic hydroxyl groups excluding tert-OH is 1. The van der Waals surface area contributed by atoms with E-state index in [1.54, 1.807) is 48.4 Å². The molecule has 7 nitrogen and oxygen atoms in total. The van der Waals surface area contributed by atoms with Gasteiger partial charge in [-0.05, 0) is 29.8 Å². The molecular weight excluding hydrogens is 476 g/mol. The van der Waals surface area contributed by atoms with Gasteiger partial charge >= 0.3 is 0 Å². The molecule has 2 heterocycles. The van der Waals surface area contributed by atoms with Crippen molar-refractivity contribution in [1.82, 2.24) is 9.80 Å². The average molecular weight is 501 g/mol. The average Bonchev–Trinajstić information content (AvgIpc) is 3.08. The number of hydrogen-bond donors (Lipinski definition) is 1. The summed E-state index contributed by atoms with van der Waals surface area (Å²) in [6.07, 6.45) is 0. The molecule has 2 aromatic rings. The lowest BCUT2D eigenvalue weighted by molar-refractivity contribution is -0.140. The van der Waals surface area contributed by atoms with Crippen LogP contribution in [0.15, 0.2) is 58.6 Å². The van der Waals surface area contributed by atoms with E-state index in [2.05, 4.69) is 20.8 Å². The van der Waals surface area contributed by atoms with Gasteiger partial charge in [-0.15, -0.1) is 0 Å². The highest BCUT2D eigenvalue weighted by molar-refractivity contribution is 9.10. The van der Waals surface area contributed by atoms with Crippen LogP contribution in [0.3, 0.4) is 0 Å². The molecule has 2 fully saturated rings. The van der Waals surface area contributed by atoms with E-state index in [1.165, 1.54) is 0 Å². The van der Waals surface area contributed by atoms with Crippen LogP contribution in [0.2, 0.25) is 0 Å². The van der Waals surface area contributed by atoms with E-state index in [0.29, 0.717) is 43.2 Å². The maximum atomic E-state index is 13.1. The quantitative estimate of drug-likeness (QED) is 0.372. The summed E-state index contributed by atoms with van der Waals surface area (Å²) in [5.41, 5.74) is 1.28. The molecule has 1 N–H and O–H groups in total. The molecule has 0 bridgehead atoms. The molecule has 0 aliphatic carbocycles. The summed E-state index contributed by atoms with van der Waals surface area (Å²) in [6, 6.07) is 13.5. The molecule has 0 radical (unpaired) electrons. The monoisotopic (exact) mass is 500 g/mol. The number of morpholine rings is 1. The van der Waals surface area contributed by atoms with Crippen molar-refractivity contribution in [2.75, 3.05) is 46.5 Å². The van der Waals surface area contributed by atoms with Crippen molar-refractivity contribution < 1.29 is 24.2 Å². The van der Waals surface area contributed by atoms with E-state index in [0.717, 1.165) is 17.6 Å². The molecule has 1 unspecified atom stereocenters. The highest BCUT2D eigenvalue weighted by Crippen LogP contribution is 2.40. The first-order valence-corrected chi connectivity index (χ1v) is 11.3. The normalized spacial score (nSPS) is 21.2. The minimum absolute atomic E-state index is 0.0903. The third-order valence-electron chi connectivity index (χ3n) is 5.83. The SMILES string of the molecule is COc1cccc(C2/C(=C(\O)c3ccc(Br)cc3)C(=O)C(=O)N2CCN2CCOCC2)c1. The Morgan fingerprint density at radius 1 is 1.12 bits per heavy atom. The van der Waals surface area contributed by atoms with Crippen LogP contribution >= 0.6 is 15.9 Å². The number of carbonyl (C=O) groups is 2. The predicted octanol–water partition coefficient (Wildman–Crippen LogP) is 3.21. The fourth-order valence-electron chi connectivity index (χ4n) is 4.11. The standard InChI is InChI=1S/C24H25BrN2O5/c1-31-19-4-2-3-17(15-19)21-20(22(28)16-5-7-18(25)8-6-16)23(29)24(30)27(21)10-9-26-11-13-32-14-12-26/h2-8,15,21,28H,9-14H2,1H3/b22-20+. The first-order valence-electron chi connectivity index (χ1n) is 10.5. The molecule has 2 aliphatic rings. The summed E-state index contributed by atoms with van der Waals surface area (Å²) in [4.78, 5) is 29.9. The number of amides is 1. The van der Waals surface area contributed by atoms with E-state index in [9.17, 15) is 14.7 Å². The minimum Gasteiger partial charge on any atom is -0.507 e. The Balaban J connectivity index is 1.74. The minimum atomic E-state index is -0.699. The Hall–Kier alpha value is -2.68. The predicted molar refractivity (Wildman–Crippen MR) is 123 cm³/mol. The first kappa shape index (κ1) is 22.5. The van der Waals surface area contributed by atoms with Crippen LogP contribution in [0.1, 0.15) is 17.2 Å². The summed E-state index contributed by atoms with van der Waals surface area (Å²) in [5.74, 6) is -0.854. The highest BCUT2D eigenvalue weighted by Gasteiger charge is 2.46. The van der Waals surface area contributed by atoms with Crippen LogP contribution in [0.5, 0.6) is 5.75 Å². The molecular formula is C24H25BrN2O5. The Morgan fingerprint density at radius 2 is 1.84 bits per heavy atom. The number of ketones is 1. The summed E-state index contributed by atoms with van der Waals surface area (Å²) in [7, 11) is 1.57. The highest BCUT2D eigenvalue weighted by atomic mass is 79.9. The zero-order chi connectivity index (χ0) is 22.7. The first-order chi connectivity index (χ1) is 15.5. The molecule has 2 saturated heterocycles. The molecule has 32 heavy (non-hydrogen) atoms. The molecule has 4 rings (SSSR count). The van der Waals surface area contributed by atoms with Gasteiger partial charge in [0, 0.05) is 36.2 Å². The number of rotatable bonds is 6. The number of nitrogens with zero attached hydrogens (tertiary/aromatic N) is 2. The van der Waals surface area contributed by atoms with Crippen LogP contribution < -0.4 is 4.74 Å². The number of hydrogen-bond acceptors (Lipinski definition) is 6. The Labute approximate surface area is 195 Å². The summed E-state index contributed by atoms with van der Waals surface area (Å²) in [6.45, 7) is 3.86. The van der Waals surface area contributed by atoms with Crippen molar-refractivity contribution >= 4 is 33.4 Å². The Morgan fingerprint density at radius 3 is 2.53 bits per heavy atom. The van der Waals surface area contributed by atoms with Gasteiger partial charge in [-0.1, -0.05) is 40.2 Å². The fourth-order valence-corrected chi connectivity index (χ4v) is 4.37. The van der Waals surface area contributed by atoms with Crippen molar-refractivity contribution in [3.63, 3.8) is 0 Å². The topological polar surface area (TPSA) is 79.3 Å². The van der Waals surface area contributed by atoms with Gasteiger partial charge < -0.3 is 19.5 Å². The molecule has 0 aromatic heterocycles. The third-order valence-corrected chi connectivity index (χ3v) is 6.36. The summed E-state index contributed by atoms with van der Waals surface area (Å²) >= 11 is 3.38. The number of benzene rings is 2. The van der Waals surface area contributed by atoms with Gasteiger partial charge in [-0.25, -0.2) is 0 Å². The fraction of sp³-hybridized carbons (Fsp3) is 0.333. The molecule has 168 valence electrons. The van der Waals surface area contributed by atoms with E-state index in [-0.39, 0.29) is 11.3 Å². The van der Waals surface area contributed by atoms with Gasteiger partial charge in [0.15, 0.2) is 0 Å². The number of carbonyl (C=O) groups excluding carboxylic acids is 2. The van der Waals surface area contributed by atoms with Crippen LogP contribution in [0.4, 0.5) is 0 Å². The van der Waals surface area contributed by atoms with Gasteiger partial charge in [-0.3, -0.25) is 14.5 Å². The van der Waals surface area contributed by atoms with Crippen LogP contribution in [-0.4, -0.2) is 73.1 Å². The lowest BCUT2D eigenvalue weighted by Gasteiger charge is -2.31. The van der Waals surface area contributed by atoms with Gasteiger partial charge in [0.25, 0.3) is 11.7 Å². The zero-order valence-corrected chi connectivity index (χ0v) is 19.4. The number of aliphatic hydroxyl groups is 1. The van der Waals surface area contributed by atoms with E-state index in [1.807, 2.05) is 12.1 Å². The molecule has 2 aromatic carbocycles. The Kier molecular flexibility index (Phi) is 6.93. The molecule has 1 amide bonds. The van der Waals surface area contributed by atoms with Gasteiger partial charge in [0.1, 0.15) is 11.5 Å². The van der Waals surface area contributed by atoms with Crippen molar-refractivity contribution in [3.05, 3.63) is 69.7 Å². The van der Waals surface area contributed by atoms with Crippen molar-refractivity contribution in [2.24, 2.45) is 0 Å². The number of halogens is 1. The third kappa shape index (κ3) is 4.57. The molecule has 0 spiro atoms. The second kappa shape index (κ2) is 9.85. The summed E-state index contributed by atoms with van der Waals surface area (Å²) < 4.78 is 11.6. The number of methoxy groups -OCH3 is 1. The zero-order valence-electron chi connectivity index (χ0n) is 17.8. The van der Waals surface area contributed by atoms with E-state index < -0.39 is 17.7 Å². The van der Waals surface area contributed by atoms with Crippen molar-refractivity contribution in [2.45, 2.75) is 6.04 Å². The second-order valence-corrected chi connectivity index (χ2v) is 8.65. The molecule has 8 heteroatoms. The second-order valence-electron chi connectivity index (χ2n) is 7.73. The molecule has 2 aliphatic heterocycles. The lowest BCUT2D eigenvalue weighted by atomic mass is 9.95. The largest absolute Gasteiger partial charge is 0.507 e. The molecule has 0 saturated carbocycles. The smallest absolute Gasteiger partial charge is 0.295 e. The maximum Gasteiger partial charge on any atom is 0.295 e. The van der Waals surface area contributed by atoms with E-state index >= 15 is 0 Å². The van der Waals surface area contributed by atoms with Gasteiger partial charge in [0.2, 0.25) is 0 Å². The number of likely N-dealkylation sites (tertiary alicyclic amines) is 1. The lowest BCUT2D eigenvalue weighted by Crippen LogP contribution is -2.42. The van der Waals surface area contributed by atoms with Crippen molar-refractivity contribution in [3.8, 4) is 5.75 Å². The van der Waals surface area contributed by atoms with Crippen LogP contribution in [0.25, 0.3) is 5.76 Å². The van der Waals surface area contributed by atoms with Crippen molar-refractivity contribution in [1.29, 1.82) is 0 Å². The van der Waals surface area contributed by atoms with Crippen LogP contribution in [-0.2, 0) is 14.3 Å². The maximum absolute atomic E-state index is 13.1. The Bertz CT molecular complexity index is 1030. The number of Topliss-reactive ketones (excluding diaryl/α,β-unsaturated/α-hetero) is 1. The molecule has 1 atom stereocenters. The van der Waals surface area contributed by atoms with E-state index in [4.69, 9.17) is 9.47 Å². The summed E-state index contributed by atoms with van der Waals surface area (Å²) in [5, 5.41) is 11.1. The van der Waals surface area contributed by atoms with Gasteiger partial charge in [0.05, 0.1) is 31.9 Å².